The van der Waals surface area contributed by atoms with Gasteiger partial charge in [0.25, 0.3) is 11.5 Å². The van der Waals surface area contributed by atoms with Gasteiger partial charge in [0.15, 0.2) is 5.69 Å². The lowest BCUT2D eigenvalue weighted by molar-refractivity contribution is 1.03. The van der Waals surface area contributed by atoms with Gasteiger partial charge < -0.3 is 5.73 Å². The molecule has 10 heteroatoms. The number of hydrogen-bond donors (Lipinski definition) is 3. The number of nitrogens with one attached hydrogen (secondary N) is 2. The average molecular weight is 295 g/mol. The highest BCUT2D eigenvalue weighted by Gasteiger charge is 2.14. The fourth-order valence-electron chi connectivity index (χ4n) is 2.18. The number of nitrogen functional groups attached to an aromatic ring is 1. The molecule has 0 unspecified atom stereocenters. The van der Waals surface area contributed by atoms with E-state index < -0.39 is 5.56 Å². The number of benzene rings is 1. The van der Waals surface area contributed by atoms with Crippen molar-refractivity contribution in [2.75, 3.05) is 5.73 Å². The molecule has 0 fully saturated rings. The van der Waals surface area contributed by atoms with E-state index in [-0.39, 0.29) is 17.5 Å². The third kappa shape index (κ3) is 1.74. The van der Waals surface area contributed by atoms with Crippen molar-refractivity contribution in [2.24, 2.45) is 10.2 Å². The Morgan fingerprint density at radius 3 is 2.91 bits per heavy atom. The predicted molar refractivity (Wildman–Crippen MR) is 78.3 cm³/mol. The summed E-state index contributed by atoms with van der Waals surface area (Å²) in [6.45, 7) is 0. The molecule has 0 radical (unpaired) electrons. The molecule has 3 aromatic heterocycles. The Balaban J connectivity index is 1.99. The molecule has 4 aromatic rings. The SMILES string of the molecule is Nc1c(N=Nc2ncn[nH]2)c(=O)[nH]c2nc3ccccc3n12. The van der Waals surface area contributed by atoms with Crippen LogP contribution >= 0.6 is 0 Å². The number of hydrogen-bond acceptors (Lipinski definition) is 7. The monoisotopic (exact) mass is 295 g/mol. The molecule has 0 saturated heterocycles. The molecule has 0 aliphatic rings. The highest BCUT2D eigenvalue weighted by Crippen LogP contribution is 2.24. The second-order valence-electron chi connectivity index (χ2n) is 4.46. The summed E-state index contributed by atoms with van der Waals surface area (Å²) in [7, 11) is 0. The van der Waals surface area contributed by atoms with Gasteiger partial charge in [-0.05, 0) is 12.1 Å². The third-order valence-corrected chi connectivity index (χ3v) is 3.13. The van der Waals surface area contributed by atoms with Crippen LogP contribution in [0.1, 0.15) is 0 Å². The number of para-hydroxylation sites is 2. The maximum absolute atomic E-state index is 12.1. The van der Waals surface area contributed by atoms with E-state index >= 15 is 0 Å². The van der Waals surface area contributed by atoms with Crippen molar-refractivity contribution in [3.8, 4) is 0 Å². The summed E-state index contributed by atoms with van der Waals surface area (Å²) in [5.41, 5.74) is 7.05. The molecule has 3 heterocycles. The normalized spacial score (nSPS) is 11.8. The van der Waals surface area contributed by atoms with Gasteiger partial charge in [0.2, 0.25) is 5.78 Å². The van der Waals surface area contributed by atoms with Crippen molar-refractivity contribution in [3.05, 3.63) is 40.9 Å². The first-order valence-corrected chi connectivity index (χ1v) is 6.30. The van der Waals surface area contributed by atoms with Crippen LogP contribution < -0.4 is 11.3 Å². The molecule has 0 saturated carbocycles. The Hall–Kier alpha value is -3.56. The number of anilines is 1. The standard InChI is InChI=1S/C12H9N9O/c13-9-8(18-20-11-14-5-15-19-11)10(22)17-12-16-6-3-1-2-4-7(6)21(9)12/h1-5H,13H2,(H,14,15,19)(H,16,17,22). The van der Waals surface area contributed by atoms with Crippen LogP contribution in [0.15, 0.2) is 45.6 Å². The van der Waals surface area contributed by atoms with E-state index in [1.807, 2.05) is 24.3 Å². The van der Waals surface area contributed by atoms with Crippen LogP contribution in [0.2, 0.25) is 0 Å². The summed E-state index contributed by atoms with van der Waals surface area (Å²) in [6, 6.07) is 7.39. The zero-order valence-corrected chi connectivity index (χ0v) is 11.1. The Bertz CT molecular complexity index is 1060. The first kappa shape index (κ1) is 12.2. The van der Waals surface area contributed by atoms with Crippen LogP contribution in [0.4, 0.5) is 17.5 Å². The summed E-state index contributed by atoms with van der Waals surface area (Å²) in [5, 5.41) is 13.8. The number of nitrogens with zero attached hydrogens (tertiary/aromatic N) is 6. The maximum atomic E-state index is 12.1. The van der Waals surface area contributed by atoms with E-state index in [1.165, 1.54) is 6.33 Å². The highest BCUT2D eigenvalue weighted by atomic mass is 16.1. The van der Waals surface area contributed by atoms with E-state index in [4.69, 9.17) is 5.73 Å². The van der Waals surface area contributed by atoms with Crippen molar-refractivity contribution >= 4 is 34.3 Å². The van der Waals surface area contributed by atoms with Gasteiger partial charge in [0.1, 0.15) is 12.1 Å². The van der Waals surface area contributed by atoms with Crippen LogP contribution in [0, 0.1) is 0 Å². The number of H-pyrrole nitrogens is 2. The van der Waals surface area contributed by atoms with E-state index in [2.05, 4.69) is 35.4 Å². The van der Waals surface area contributed by atoms with Crippen LogP contribution in [-0.2, 0) is 0 Å². The first-order valence-electron chi connectivity index (χ1n) is 6.30. The Labute approximate surface area is 121 Å². The van der Waals surface area contributed by atoms with Gasteiger partial charge in [0, 0.05) is 0 Å². The second kappa shape index (κ2) is 4.48. The number of nitrogens with two attached hydrogens (primary N) is 1. The molecule has 1 aromatic carbocycles. The van der Waals surface area contributed by atoms with Gasteiger partial charge in [-0.25, -0.2) is 10.1 Å². The van der Waals surface area contributed by atoms with E-state index in [9.17, 15) is 4.79 Å². The largest absolute Gasteiger partial charge is 0.383 e. The summed E-state index contributed by atoms with van der Waals surface area (Å²) >= 11 is 0. The summed E-state index contributed by atoms with van der Waals surface area (Å²) in [5.74, 6) is 0.674. The minimum Gasteiger partial charge on any atom is -0.383 e. The minimum absolute atomic E-state index is 0.0212. The fourth-order valence-corrected chi connectivity index (χ4v) is 2.18. The second-order valence-corrected chi connectivity index (χ2v) is 4.46. The number of fused-ring (bicyclic) bond motifs is 3. The third-order valence-electron chi connectivity index (χ3n) is 3.13. The van der Waals surface area contributed by atoms with Gasteiger partial charge in [-0.2, -0.15) is 10.1 Å². The topological polar surface area (TPSA) is 142 Å². The van der Waals surface area contributed by atoms with Gasteiger partial charge in [-0.3, -0.25) is 14.2 Å². The Morgan fingerprint density at radius 2 is 2.09 bits per heavy atom. The lowest BCUT2D eigenvalue weighted by Gasteiger charge is -2.02. The number of imidazole rings is 1. The Morgan fingerprint density at radius 1 is 1.23 bits per heavy atom. The quantitative estimate of drug-likeness (QED) is 0.477. The Kier molecular flexibility index (Phi) is 2.48. The maximum Gasteiger partial charge on any atom is 0.282 e. The van der Waals surface area contributed by atoms with Crippen LogP contribution in [0.25, 0.3) is 16.8 Å². The zero-order valence-electron chi connectivity index (χ0n) is 11.1. The molecule has 4 N–H and O–H groups in total. The molecular formula is C12H9N9O. The van der Waals surface area contributed by atoms with Gasteiger partial charge in [-0.15, -0.1) is 10.2 Å². The molecule has 10 nitrogen and oxygen atoms in total. The number of azo groups is 1. The smallest absolute Gasteiger partial charge is 0.282 e. The fraction of sp³-hybridized carbons (Fsp3) is 0. The van der Waals surface area contributed by atoms with Crippen LogP contribution in [-0.4, -0.2) is 29.5 Å². The highest BCUT2D eigenvalue weighted by molar-refractivity contribution is 5.82. The lowest BCUT2D eigenvalue weighted by Crippen LogP contribution is -2.12. The van der Waals surface area contributed by atoms with E-state index in [0.717, 1.165) is 5.52 Å². The molecule has 0 aliphatic heterocycles. The van der Waals surface area contributed by atoms with Gasteiger partial charge in [-0.1, -0.05) is 12.1 Å². The first-order chi connectivity index (χ1) is 10.7. The molecule has 4 rings (SSSR count). The molecule has 108 valence electrons. The van der Waals surface area contributed by atoms with Crippen LogP contribution in [0.5, 0.6) is 0 Å². The molecular weight excluding hydrogens is 286 g/mol. The number of rotatable bonds is 2. The molecule has 0 atom stereocenters. The molecule has 0 bridgehead atoms. The van der Waals surface area contributed by atoms with Crippen molar-refractivity contribution in [2.45, 2.75) is 0 Å². The molecule has 0 spiro atoms. The molecule has 0 aliphatic carbocycles. The van der Waals surface area contributed by atoms with E-state index in [0.29, 0.717) is 11.3 Å². The summed E-state index contributed by atoms with van der Waals surface area (Å²) in [4.78, 5) is 22.8. The minimum atomic E-state index is -0.483. The van der Waals surface area contributed by atoms with Gasteiger partial charge in [0.05, 0.1) is 11.0 Å². The lowest BCUT2D eigenvalue weighted by atomic mass is 10.3. The molecule has 22 heavy (non-hydrogen) atoms. The van der Waals surface area contributed by atoms with Crippen molar-refractivity contribution in [1.29, 1.82) is 0 Å². The van der Waals surface area contributed by atoms with Crippen molar-refractivity contribution < 1.29 is 0 Å². The van der Waals surface area contributed by atoms with Crippen LogP contribution in [0.3, 0.4) is 0 Å². The number of aromatic nitrogens is 6. The summed E-state index contributed by atoms with van der Waals surface area (Å²) < 4.78 is 1.62. The number of aromatic amines is 2. The predicted octanol–water partition coefficient (Wildman–Crippen LogP) is 1.29. The molecule has 0 amide bonds. The van der Waals surface area contributed by atoms with Crippen molar-refractivity contribution in [1.82, 2.24) is 29.5 Å². The average Bonchev–Trinajstić information content (AvgIpc) is 3.13. The van der Waals surface area contributed by atoms with E-state index in [1.54, 1.807) is 4.40 Å². The zero-order chi connectivity index (χ0) is 15.1. The van der Waals surface area contributed by atoms with Crippen molar-refractivity contribution in [3.63, 3.8) is 0 Å². The van der Waals surface area contributed by atoms with Gasteiger partial charge >= 0.3 is 0 Å². The summed E-state index contributed by atoms with van der Waals surface area (Å²) in [6.07, 6.45) is 1.29.